The maximum atomic E-state index is 8.77. The van der Waals surface area contributed by atoms with Crippen LogP contribution in [0.5, 0.6) is 0 Å². The van der Waals surface area contributed by atoms with Crippen molar-refractivity contribution in [3.05, 3.63) is 40.1 Å². The highest BCUT2D eigenvalue weighted by Gasteiger charge is 2.06. The monoisotopic (exact) mass is 257 g/mol. The number of aliphatic hydroxyl groups excluding tert-OH is 1. The first-order valence-electron chi connectivity index (χ1n) is 4.68. The molecule has 4 nitrogen and oxygen atoms in total. The number of halogens is 2. The van der Waals surface area contributed by atoms with Gasteiger partial charge in [-0.05, 0) is 18.2 Å². The van der Waals surface area contributed by atoms with Crippen LogP contribution in [0.3, 0.4) is 0 Å². The lowest BCUT2D eigenvalue weighted by Crippen LogP contribution is -1.95. The Hall–Kier alpha value is -1.10. The molecular weight excluding hydrogens is 249 g/mol. The molecule has 1 N–H and O–H groups in total. The summed E-state index contributed by atoms with van der Waals surface area (Å²) in [7, 11) is 0. The lowest BCUT2D eigenvalue weighted by atomic mass is 10.3. The first kappa shape index (κ1) is 11.4. The van der Waals surface area contributed by atoms with Crippen LogP contribution >= 0.6 is 23.2 Å². The van der Waals surface area contributed by atoms with E-state index in [2.05, 4.69) is 10.3 Å². The van der Waals surface area contributed by atoms with Crippen molar-refractivity contribution in [1.82, 2.24) is 15.0 Å². The molecule has 0 saturated heterocycles. The highest BCUT2D eigenvalue weighted by atomic mass is 35.5. The van der Waals surface area contributed by atoms with E-state index >= 15 is 0 Å². The third-order valence-corrected chi connectivity index (χ3v) is 2.60. The molecule has 0 aliphatic carbocycles. The summed E-state index contributed by atoms with van der Waals surface area (Å²) >= 11 is 11.8. The van der Waals surface area contributed by atoms with Crippen molar-refractivity contribution < 1.29 is 5.11 Å². The number of nitrogens with zero attached hydrogens (tertiary/aromatic N) is 3. The Labute approximate surface area is 102 Å². The van der Waals surface area contributed by atoms with E-state index in [0.29, 0.717) is 27.8 Å². The molecule has 84 valence electrons. The molecule has 16 heavy (non-hydrogen) atoms. The summed E-state index contributed by atoms with van der Waals surface area (Å²) < 4.78 is 1.56. The Morgan fingerprint density at radius 2 is 2.12 bits per heavy atom. The first-order chi connectivity index (χ1) is 7.70. The summed E-state index contributed by atoms with van der Waals surface area (Å²) in [6.07, 6.45) is 2.20. The second-order valence-electron chi connectivity index (χ2n) is 3.22. The van der Waals surface area contributed by atoms with Crippen LogP contribution in [0.2, 0.25) is 10.0 Å². The fourth-order valence-corrected chi connectivity index (χ4v) is 1.81. The Balaban J connectivity index is 2.35. The average molecular weight is 258 g/mol. The smallest absolute Gasteiger partial charge is 0.0854 e. The number of aliphatic hydroxyl groups is 1. The van der Waals surface area contributed by atoms with Gasteiger partial charge in [-0.25, -0.2) is 4.68 Å². The van der Waals surface area contributed by atoms with Crippen LogP contribution in [0, 0.1) is 0 Å². The van der Waals surface area contributed by atoms with Crippen molar-refractivity contribution >= 4 is 23.2 Å². The molecule has 2 rings (SSSR count). The molecule has 1 aromatic heterocycles. The first-order valence-corrected chi connectivity index (χ1v) is 5.44. The van der Waals surface area contributed by atoms with Gasteiger partial charge in [-0.3, -0.25) is 0 Å². The second-order valence-corrected chi connectivity index (χ2v) is 4.07. The average Bonchev–Trinajstić information content (AvgIpc) is 2.67. The molecule has 0 aliphatic rings. The zero-order chi connectivity index (χ0) is 11.5. The Kier molecular flexibility index (Phi) is 3.43. The van der Waals surface area contributed by atoms with Gasteiger partial charge < -0.3 is 5.11 Å². The molecule has 0 radical (unpaired) electrons. The van der Waals surface area contributed by atoms with E-state index in [9.17, 15) is 0 Å². The van der Waals surface area contributed by atoms with E-state index in [1.54, 1.807) is 29.1 Å². The summed E-state index contributed by atoms with van der Waals surface area (Å²) in [5, 5.41) is 17.7. The van der Waals surface area contributed by atoms with Gasteiger partial charge in [0, 0.05) is 18.1 Å². The fourth-order valence-electron chi connectivity index (χ4n) is 1.31. The van der Waals surface area contributed by atoms with Gasteiger partial charge in [0.2, 0.25) is 0 Å². The van der Waals surface area contributed by atoms with E-state index in [4.69, 9.17) is 28.3 Å². The van der Waals surface area contributed by atoms with Crippen molar-refractivity contribution in [2.45, 2.75) is 6.42 Å². The molecule has 1 heterocycles. The van der Waals surface area contributed by atoms with Crippen molar-refractivity contribution in [2.24, 2.45) is 0 Å². The largest absolute Gasteiger partial charge is 0.396 e. The molecule has 0 amide bonds. The van der Waals surface area contributed by atoms with Crippen molar-refractivity contribution in [2.75, 3.05) is 6.61 Å². The molecule has 0 fully saturated rings. The molecule has 6 heteroatoms. The third-order valence-electron chi connectivity index (χ3n) is 2.07. The summed E-state index contributed by atoms with van der Waals surface area (Å²) in [4.78, 5) is 0. The van der Waals surface area contributed by atoms with Gasteiger partial charge in [-0.2, -0.15) is 0 Å². The summed E-state index contributed by atoms with van der Waals surface area (Å²) in [6.45, 7) is 0.0487. The van der Waals surface area contributed by atoms with E-state index in [-0.39, 0.29) is 6.61 Å². The zero-order valence-electron chi connectivity index (χ0n) is 8.27. The van der Waals surface area contributed by atoms with Crippen molar-refractivity contribution in [1.29, 1.82) is 0 Å². The summed E-state index contributed by atoms with van der Waals surface area (Å²) in [5.74, 6) is 0. The lowest BCUT2D eigenvalue weighted by molar-refractivity contribution is 0.298. The van der Waals surface area contributed by atoms with Crippen LogP contribution in [0.1, 0.15) is 5.69 Å². The molecule has 1 aromatic carbocycles. The van der Waals surface area contributed by atoms with Crippen LogP contribution in [-0.2, 0) is 6.42 Å². The zero-order valence-corrected chi connectivity index (χ0v) is 9.78. The minimum atomic E-state index is 0.0487. The van der Waals surface area contributed by atoms with E-state index < -0.39 is 0 Å². The van der Waals surface area contributed by atoms with Gasteiger partial charge in [0.15, 0.2) is 0 Å². The topological polar surface area (TPSA) is 50.9 Å². The molecule has 0 unspecified atom stereocenters. The van der Waals surface area contributed by atoms with Crippen LogP contribution in [-0.4, -0.2) is 26.7 Å². The number of rotatable bonds is 3. The van der Waals surface area contributed by atoms with Gasteiger partial charge in [0.25, 0.3) is 0 Å². The van der Waals surface area contributed by atoms with E-state index in [0.717, 1.165) is 0 Å². The van der Waals surface area contributed by atoms with Crippen LogP contribution in [0.15, 0.2) is 24.4 Å². The van der Waals surface area contributed by atoms with Crippen LogP contribution < -0.4 is 0 Å². The highest BCUT2D eigenvalue weighted by molar-refractivity contribution is 6.35. The predicted octanol–water partition coefficient (Wildman–Crippen LogP) is 2.11. The lowest BCUT2D eigenvalue weighted by Gasteiger charge is -2.02. The fraction of sp³-hybridized carbons (Fsp3) is 0.200. The minimum Gasteiger partial charge on any atom is -0.396 e. The van der Waals surface area contributed by atoms with Gasteiger partial charge in [-0.1, -0.05) is 28.4 Å². The SMILES string of the molecule is OCCc1cn(-c2ccc(Cl)cc2Cl)nn1. The van der Waals surface area contributed by atoms with Gasteiger partial charge in [0.1, 0.15) is 0 Å². The molecule has 2 aromatic rings. The van der Waals surface area contributed by atoms with Crippen molar-refractivity contribution in [3.8, 4) is 5.69 Å². The number of hydrogen-bond acceptors (Lipinski definition) is 3. The molecule has 0 aliphatic heterocycles. The third kappa shape index (κ3) is 2.35. The minimum absolute atomic E-state index is 0.0487. The van der Waals surface area contributed by atoms with E-state index in [1.165, 1.54) is 0 Å². The van der Waals surface area contributed by atoms with Crippen LogP contribution in [0.25, 0.3) is 5.69 Å². The standard InChI is InChI=1S/C10H9Cl2N3O/c11-7-1-2-10(9(12)5-7)15-6-8(3-4-16)13-14-15/h1-2,5-6,16H,3-4H2. The normalized spacial score (nSPS) is 10.7. The number of hydrogen-bond donors (Lipinski definition) is 1. The molecule has 0 spiro atoms. The predicted molar refractivity (Wildman–Crippen MR) is 62.2 cm³/mol. The Bertz CT molecular complexity index is 499. The highest BCUT2D eigenvalue weighted by Crippen LogP contribution is 2.23. The number of aromatic nitrogens is 3. The van der Waals surface area contributed by atoms with E-state index in [1.807, 2.05) is 0 Å². The van der Waals surface area contributed by atoms with Gasteiger partial charge in [0.05, 0.1) is 22.6 Å². The van der Waals surface area contributed by atoms with Crippen molar-refractivity contribution in [3.63, 3.8) is 0 Å². The maximum Gasteiger partial charge on any atom is 0.0854 e. The molecule has 0 bridgehead atoms. The Morgan fingerprint density at radius 1 is 1.31 bits per heavy atom. The summed E-state index contributed by atoms with van der Waals surface area (Å²) in [6, 6.07) is 5.14. The van der Waals surface area contributed by atoms with Crippen LogP contribution in [0.4, 0.5) is 0 Å². The second kappa shape index (κ2) is 4.82. The van der Waals surface area contributed by atoms with Gasteiger partial charge in [-0.15, -0.1) is 5.10 Å². The Morgan fingerprint density at radius 3 is 2.81 bits per heavy atom. The maximum absolute atomic E-state index is 8.77. The molecular formula is C10H9Cl2N3O. The van der Waals surface area contributed by atoms with Gasteiger partial charge >= 0.3 is 0 Å². The summed E-state index contributed by atoms with van der Waals surface area (Å²) in [5.41, 5.74) is 1.43. The quantitative estimate of drug-likeness (QED) is 0.917. The molecule has 0 atom stereocenters. The number of benzene rings is 1. The molecule has 0 saturated carbocycles.